The van der Waals surface area contributed by atoms with Crippen LogP contribution in [0, 0.1) is 5.82 Å². The molecule has 1 aliphatic carbocycles. The van der Waals surface area contributed by atoms with E-state index in [0.717, 1.165) is 36.6 Å². The lowest BCUT2D eigenvalue weighted by Gasteiger charge is -2.32. The van der Waals surface area contributed by atoms with Crippen molar-refractivity contribution in [3.05, 3.63) is 50.5 Å². The number of halogens is 1. The van der Waals surface area contributed by atoms with Gasteiger partial charge in [0.1, 0.15) is 10.5 Å². The minimum Gasteiger partial charge on any atom is -0.399 e. The van der Waals surface area contributed by atoms with Crippen LogP contribution in [0.5, 0.6) is 0 Å². The van der Waals surface area contributed by atoms with Crippen molar-refractivity contribution in [1.29, 1.82) is 0 Å². The molecule has 0 radical (unpaired) electrons. The lowest BCUT2D eigenvalue weighted by Crippen LogP contribution is -2.41. The van der Waals surface area contributed by atoms with E-state index in [1.807, 2.05) is 34.6 Å². The second-order valence-electron chi connectivity index (χ2n) is 9.75. The number of nitrogens with zero attached hydrogens (tertiary/aromatic N) is 2. The van der Waals surface area contributed by atoms with Gasteiger partial charge in [-0.1, -0.05) is 6.92 Å². The molecule has 0 amide bonds. The van der Waals surface area contributed by atoms with Gasteiger partial charge in [0.15, 0.2) is 0 Å². The summed E-state index contributed by atoms with van der Waals surface area (Å²) < 4.78 is 29.3. The highest BCUT2D eigenvalue weighted by molar-refractivity contribution is 7.19. The molecule has 2 aromatic heterocycles. The van der Waals surface area contributed by atoms with Crippen LogP contribution >= 0.6 is 11.3 Å². The summed E-state index contributed by atoms with van der Waals surface area (Å²) in [6.07, 6.45) is 6.66. The first-order valence-corrected chi connectivity index (χ1v) is 12.2. The lowest BCUT2D eigenvalue weighted by atomic mass is 9.74. The van der Waals surface area contributed by atoms with Gasteiger partial charge in [-0.3, -0.25) is 4.79 Å². The summed E-state index contributed by atoms with van der Waals surface area (Å²) in [4.78, 5) is 14.8. The lowest BCUT2D eigenvalue weighted by molar-refractivity contribution is 0.00578. The Morgan fingerprint density at radius 3 is 2.53 bits per heavy atom. The number of thiophene rings is 1. The minimum absolute atomic E-state index is 0.193. The van der Waals surface area contributed by atoms with Crippen molar-refractivity contribution < 1.29 is 13.7 Å². The Kier molecular flexibility index (Phi) is 5.11. The van der Waals surface area contributed by atoms with E-state index >= 15 is 0 Å². The maximum Gasteiger partial charge on any atom is 0.495 e. The molecule has 5 rings (SSSR count). The molecule has 0 N–H and O–H groups in total. The zero-order chi connectivity index (χ0) is 22.8. The van der Waals surface area contributed by atoms with Crippen LogP contribution in [-0.4, -0.2) is 28.1 Å². The molecule has 32 heavy (non-hydrogen) atoms. The molecule has 3 heterocycles. The van der Waals surface area contributed by atoms with E-state index in [2.05, 4.69) is 5.10 Å². The van der Waals surface area contributed by atoms with E-state index < -0.39 is 24.1 Å². The van der Waals surface area contributed by atoms with Crippen LogP contribution in [0.1, 0.15) is 63.5 Å². The first-order chi connectivity index (χ1) is 15.1. The zero-order valence-electron chi connectivity index (χ0n) is 19.3. The Balaban J connectivity index is 1.67. The molecule has 5 nitrogen and oxygen atoms in total. The summed E-state index contributed by atoms with van der Waals surface area (Å²) in [6, 6.07) is 2.85. The Hall–Kier alpha value is -2.03. The number of hydrogen-bond acceptors (Lipinski definition) is 5. The van der Waals surface area contributed by atoms with Crippen LogP contribution in [0.2, 0.25) is 0 Å². The summed E-state index contributed by atoms with van der Waals surface area (Å²) in [5, 5.41) is 5.44. The third-order valence-electron chi connectivity index (χ3n) is 7.22. The average Bonchev–Trinajstić information content (AvgIpc) is 3.22. The highest BCUT2D eigenvalue weighted by atomic mass is 32.1. The number of rotatable bonds is 3. The third-order valence-corrected chi connectivity index (χ3v) is 8.51. The van der Waals surface area contributed by atoms with Crippen molar-refractivity contribution in [2.24, 2.45) is 0 Å². The molecule has 1 fully saturated rings. The largest absolute Gasteiger partial charge is 0.495 e. The predicted molar refractivity (Wildman–Crippen MR) is 127 cm³/mol. The van der Waals surface area contributed by atoms with Crippen molar-refractivity contribution in [2.45, 2.75) is 77.9 Å². The second kappa shape index (κ2) is 7.50. The molecule has 0 saturated carbocycles. The SMILES string of the molecule is CCc1c(B2OC(C)(C)C(C)(C)O2)cc(F)cc1-n1ncc2c3c(sc2c1=O)CCCC3. The van der Waals surface area contributed by atoms with Crippen LogP contribution in [0.25, 0.3) is 15.8 Å². The standard InChI is InChI=1S/C24H28BFN2O3S/c1-6-15-18(25-30-23(2,3)24(4,5)31-25)11-14(26)12-19(15)28-22(29)21-17(13-27-28)16-9-7-8-10-20(16)32-21/h11-13H,6-10H2,1-5H3. The van der Waals surface area contributed by atoms with Gasteiger partial charge in [-0.05, 0) is 88.5 Å². The molecular formula is C24H28BFN2O3S. The van der Waals surface area contributed by atoms with Gasteiger partial charge in [0.2, 0.25) is 0 Å². The Labute approximate surface area is 191 Å². The predicted octanol–water partition coefficient (Wildman–Crippen LogP) is 4.33. The van der Waals surface area contributed by atoms with E-state index in [-0.39, 0.29) is 5.56 Å². The summed E-state index contributed by atoms with van der Waals surface area (Å²) in [5.41, 5.74) is 1.86. The van der Waals surface area contributed by atoms with Gasteiger partial charge in [0, 0.05) is 10.3 Å². The maximum absolute atomic E-state index is 14.8. The maximum atomic E-state index is 14.8. The van der Waals surface area contributed by atoms with Crippen molar-refractivity contribution in [3.8, 4) is 5.69 Å². The van der Waals surface area contributed by atoms with Crippen molar-refractivity contribution in [3.63, 3.8) is 0 Å². The van der Waals surface area contributed by atoms with Gasteiger partial charge in [-0.25, -0.2) is 4.39 Å². The molecule has 0 spiro atoms. The Morgan fingerprint density at radius 2 is 1.84 bits per heavy atom. The van der Waals surface area contributed by atoms with E-state index in [0.29, 0.717) is 22.3 Å². The average molecular weight is 454 g/mol. The number of benzene rings is 1. The van der Waals surface area contributed by atoms with Crippen LogP contribution in [0.15, 0.2) is 23.1 Å². The smallest absolute Gasteiger partial charge is 0.399 e. The van der Waals surface area contributed by atoms with E-state index in [1.54, 1.807) is 17.5 Å². The first kappa shape index (κ1) is 21.8. The molecule has 2 aliphatic rings. The van der Waals surface area contributed by atoms with Gasteiger partial charge >= 0.3 is 7.12 Å². The van der Waals surface area contributed by atoms with Crippen LogP contribution in [0.3, 0.4) is 0 Å². The number of aromatic nitrogens is 2. The molecule has 0 bridgehead atoms. The van der Waals surface area contributed by atoms with Crippen LogP contribution in [0.4, 0.5) is 4.39 Å². The van der Waals surface area contributed by atoms with Gasteiger partial charge in [-0.2, -0.15) is 9.78 Å². The number of aryl methyl sites for hydroxylation is 2. The summed E-state index contributed by atoms with van der Waals surface area (Å²) in [7, 11) is -0.710. The zero-order valence-corrected chi connectivity index (χ0v) is 20.1. The molecule has 3 aromatic rings. The molecule has 8 heteroatoms. The van der Waals surface area contributed by atoms with Crippen molar-refractivity contribution in [1.82, 2.24) is 9.78 Å². The van der Waals surface area contributed by atoms with E-state index in [4.69, 9.17) is 9.31 Å². The molecule has 1 aromatic carbocycles. The fraction of sp³-hybridized carbons (Fsp3) is 0.500. The monoisotopic (exact) mass is 454 g/mol. The van der Waals surface area contributed by atoms with Gasteiger partial charge in [-0.15, -0.1) is 11.3 Å². The summed E-state index contributed by atoms with van der Waals surface area (Å²) in [6.45, 7) is 9.86. The first-order valence-electron chi connectivity index (χ1n) is 11.3. The molecule has 168 valence electrons. The molecule has 0 unspecified atom stereocenters. The number of fused-ring (bicyclic) bond motifs is 3. The Morgan fingerprint density at radius 1 is 1.16 bits per heavy atom. The van der Waals surface area contributed by atoms with Crippen LogP contribution in [-0.2, 0) is 28.6 Å². The molecule has 1 saturated heterocycles. The minimum atomic E-state index is -0.710. The van der Waals surface area contributed by atoms with E-state index in [9.17, 15) is 9.18 Å². The quantitative estimate of drug-likeness (QED) is 0.553. The van der Waals surface area contributed by atoms with Gasteiger partial charge in [0.25, 0.3) is 5.56 Å². The third kappa shape index (κ3) is 3.26. The summed E-state index contributed by atoms with van der Waals surface area (Å²) >= 11 is 1.57. The summed E-state index contributed by atoms with van der Waals surface area (Å²) in [5.74, 6) is -0.443. The van der Waals surface area contributed by atoms with E-state index in [1.165, 1.54) is 27.3 Å². The fourth-order valence-corrected chi connectivity index (χ4v) is 6.01. The Bertz CT molecular complexity index is 1260. The van der Waals surface area contributed by atoms with Crippen molar-refractivity contribution >= 4 is 34.0 Å². The fourth-order valence-electron chi connectivity index (χ4n) is 4.72. The molecular weight excluding hydrogens is 426 g/mol. The van der Waals surface area contributed by atoms with Crippen LogP contribution < -0.4 is 11.0 Å². The normalized spacial score (nSPS) is 19.5. The molecule has 0 atom stereocenters. The van der Waals surface area contributed by atoms with Gasteiger partial charge < -0.3 is 9.31 Å². The highest BCUT2D eigenvalue weighted by Crippen LogP contribution is 2.37. The second-order valence-corrected chi connectivity index (χ2v) is 10.9. The van der Waals surface area contributed by atoms with Gasteiger partial charge in [0.05, 0.1) is 23.1 Å². The highest BCUT2D eigenvalue weighted by Gasteiger charge is 2.52. The van der Waals surface area contributed by atoms with Crippen molar-refractivity contribution in [2.75, 3.05) is 0 Å². The molecule has 1 aliphatic heterocycles. The topological polar surface area (TPSA) is 53.4 Å². The number of hydrogen-bond donors (Lipinski definition) is 0.